The third kappa shape index (κ3) is 3.45. The average Bonchev–Trinajstić information content (AvgIpc) is 2.82. The van der Waals surface area contributed by atoms with Gasteiger partial charge in [-0.15, -0.1) is 0 Å². The first-order valence-corrected chi connectivity index (χ1v) is 5.94. The van der Waals surface area contributed by atoms with Gasteiger partial charge in [0.1, 0.15) is 11.5 Å². The summed E-state index contributed by atoms with van der Waals surface area (Å²) < 4.78 is 10.4. The molecule has 2 rings (SSSR count). The number of aliphatic carboxylic acids is 1. The van der Waals surface area contributed by atoms with E-state index in [0.717, 1.165) is 5.76 Å². The molecule has 19 heavy (non-hydrogen) atoms. The van der Waals surface area contributed by atoms with Gasteiger partial charge in [-0.3, -0.25) is 4.79 Å². The molecule has 1 N–H and O–H groups in total. The van der Waals surface area contributed by atoms with Gasteiger partial charge in [-0.1, -0.05) is 0 Å². The van der Waals surface area contributed by atoms with Crippen molar-refractivity contribution in [2.24, 2.45) is 0 Å². The van der Waals surface area contributed by atoms with Crippen LogP contribution in [0.5, 0.6) is 0 Å². The van der Waals surface area contributed by atoms with Crippen LogP contribution in [0, 0.1) is 6.92 Å². The Kier molecular flexibility index (Phi) is 4.01. The summed E-state index contributed by atoms with van der Waals surface area (Å²) in [5, 5.41) is 8.85. The van der Waals surface area contributed by atoms with Crippen LogP contribution in [0.1, 0.15) is 11.5 Å². The highest BCUT2D eigenvalue weighted by molar-refractivity contribution is 5.92. The molecule has 0 bridgehead atoms. The SMILES string of the molecule is Cc1ccc(/C=C/C(=O)N2CCO[C@H](C(=O)O)C2)o1. The molecule has 6 heteroatoms. The van der Waals surface area contributed by atoms with Gasteiger partial charge in [0, 0.05) is 12.6 Å². The maximum Gasteiger partial charge on any atom is 0.334 e. The van der Waals surface area contributed by atoms with E-state index in [1.54, 1.807) is 18.2 Å². The number of carbonyl (C=O) groups excluding carboxylic acids is 1. The standard InChI is InChI=1S/C13H15NO5/c1-9-2-3-10(19-9)4-5-12(15)14-6-7-18-11(8-14)13(16)17/h2-5,11H,6-8H2,1H3,(H,16,17)/b5-4+/t11-/m0/s1. The van der Waals surface area contributed by atoms with Gasteiger partial charge in [-0.05, 0) is 25.1 Å². The van der Waals surface area contributed by atoms with E-state index in [2.05, 4.69) is 0 Å². The van der Waals surface area contributed by atoms with E-state index in [4.69, 9.17) is 14.3 Å². The third-order valence-electron chi connectivity index (χ3n) is 2.80. The van der Waals surface area contributed by atoms with Crippen molar-refractivity contribution in [3.8, 4) is 0 Å². The average molecular weight is 265 g/mol. The van der Waals surface area contributed by atoms with E-state index in [9.17, 15) is 9.59 Å². The quantitative estimate of drug-likeness (QED) is 0.822. The van der Waals surface area contributed by atoms with Crippen LogP contribution in [-0.2, 0) is 14.3 Å². The number of hydrogen-bond acceptors (Lipinski definition) is 4. The van der Waals surface area contributed by atoms with E-state index in [1.807, 2.05) is 6.92 Å². The van der Waals surface area contributed by atoms with Crippen molar-refractivity contribution in [2.75, 3.05) is 19.7 Å². The van der Waals surface area contributed by atoms with E-state index in [-0.39, 0.29) is 19.1 Å². The zero-order valence-corrected chi connectivity index (χ0v) is 10.5. The fraction of sp³-hybridized carbons (Fsp3) is 0.385. The minimum atomic E-state index is -1.05. The van der Waals surface area contributed by atoms with Gasteiger partial charge < -0.3 is 19.2 Å². The Morgan fingerprint density at radius 2 is 2.26 bits per heavy atom. The molecule has 0 aromatic carbocycles. The van der Waals surface area contributed by atoms with E-state index in [0.29, 0.717) is 12.3 Å². The smallest absolute Gasteiger partial charge is 0.334 e. The summed E-state index contributed by atoms with van der Waals surface area (Å²) in [6.45, 7) is 2.51. The van der Waals surface area contributed by atoms with Crippen molar-refractivity contribution in [3.63, 3.8) is 0 Å². The maximum atomic E-state index is 11.9. The molecule has 1 fully saturated rings. The highest BCUT2D eigenvalue weighted by Crippen LogP contribution is 2.10. The second-order valence-corrected chi connectivity index (χ2v) is 4.26. The van der Waals surface area contributed by atoms with Crippen molar-refractivity contribution in [1.29, 1.82) is 0 Å². The number of aryl methyl sites for hydroxylation is 1. The first-order chi connectivity index (χ1) is 9.06. The molecular weight excluding hydrogens is 250 g/mol. The number of carbonyl (C=O) groups is 2. The highest BCUT2D eigenvalue weighted by Gasteiger charge is 2.27. The summed E-state index contributed by atoms with van der Waals surface area (Å²) in [6, 6.07) is 3.57. The molecule has 102 valence electrons. The van der Waals surface area contributed by atoms with E-state index < -0.39 is 12.1 Å². The van der Waals surface area contributed by atoms with Crippen LogP contribution < -0.4 is 0 Å². The Morgan fingerprint density at radius 3 is 2.89 bits per heavy atom. The van der Waals surface area contributed by atoms with Crippen LogP contribution in [0.15, 0.2) is 22.6 Å². The molecule has 1 atom stereocenters. The number of furan rings is 1. The molecule has 0 saturated carbocycles. The minimum Gasteiger partial charge on any atom is -0.479 e. The van der Waals surface area contributed by atoms with Gasteiger partial charge in [0.15, 0.2) is 6.10 Å². The zero-order valence-electron chi connectivity index (χ0n) is 10.5. The molecule has 0 unspecified atom stereocenters. The first-order valence-electron chi connectivity index (χ1n) is 5.94. The lowest BCUT2D eigenvalue weighted by atomic mass is 10.2. The molecule has 0 aliphatic carbocycles. The molecule has 1 amide bonds. The van der Waals surface area contributed by atoms with Gasteiger partial charge >= 0.3 is 5.97 Å². The lowest BCUT2D eigenvalue weighted by Gasteiger charge is -2.29. The maximum absolute atomic E-state index is 11.9. The Hall–Kier alpha value is -2.08. The monoisotopic (exact) mass is 265 g/mol. The largest absolute Gasteiger partial charge is 0.479 e. The van der Waals surface area contributed by atoms with Gasteiger partial charge in [0.05, 0.1) is 13.2 Å². The molecule has 1 aliphatic rings. The van der Waals surface area contributed by atoms with Gasteiger partial charge in [0.25, 0.3) is 0 Å². The summed E-state index contributed by atoms with van der Waals surface area (Å²) in [7, 11) is 0. The van der Waals surface area contributed by atoms with Crippen molar-refractivity contribution in [3.05, 3.63) is 29.7 Å². The molecule has 0 radical (unpaired) electrons. The predicted molar refractivity (Wildman–Crippen MR) is 66.4 cm³/mol. The molecular formula is C13H15NO5. The number of hydrogen-bond donors (Lipinski definition) is 1. The van der Waals surface area contributed by atoms with Crippen molar-refractivity contribution < 1.29 is 23.8 Å². The molecule has 1 saturated heterocycles. The number of nitrogens with zero attached hydrogens (tertiary/aromatic N) is 1. The van der Waals surface area contributed by atoms with E-state index >= 15 is 0 Å². The van der Waals surface area contributed by atoms with Crippen LogP contribution in [0.25, 0.3) is 6.08 Å². The topological polar surface area (TPSA) is 80.0 Å². The number of carboxylic acid groups (broad SMARTS) is 1. The summed E-state index contributed by atoms with van der Waals surface area (Å²) in [5.74, 6) is 0.0602. The van der Waals surface area contributed by atoms with Crippen LogP contribution >= 0.6 is 0 Å². The minimum absolute atomic E-state index is 0.0652. The summed E-state index contributed by atoms with van der Waals surface area (Å²) in [5.41, 5.74) is 0. The second kappa shape index (κ2) is 5.71. The van der Waals surface area contributed by atoms with Crippen LogP contribution in [-0.4, -0.2) is 47.7 Å². The molecule has 1 aliphatic heterocycles. The van der Waals surface area contributed by atoms with Crippen molar-refractivity contribution in [2.45, 2.75) is 13.0 Å². The fourth-order valence-corrected chi connectivity index (χ4v) is 1.80. The van der Waals surface area contributed by atoms with Gasteiger partial charge in [-0.25, -0.2) is 4.79 Å². The van der Waals surface area contributed by atoms with Crippen molar-refractivity contribution in [1.82, 2.24) is 4.90 Å². The first kappa shape index (κ1) is 13.4. The molecule has 0 spiro atoms. The third-order valence-corrected chi connectivity index (χ3v) is 2.80. The normalized spacial score (nSPS) is 19.8. The highest BCUT2D eigenvalue weighted by atomic mass is 16.5. The Labute approximate surface area is 110 Å². The molecule has 1 aromatic rings. The lowest BCUT2D eigenvalue weighted by Crippen LogP contribution is -2.48. The number of morpholine rings is 1. The lowest BCUT2D eigenvalue weighted by molar-refractivity contribution is -0.158. The summed E-state index contributed by atoms with van der Waals surface area (Å²) in [6.07, 6.45) is 2.00. The molecule has 1 aromatic heterocycles. The fourth-order valence-electron chi connectivity index (χ4n) is 1.80. The molecule has 6 nitrogen and oxygen atoms in total. The van der Waals surface area contributed by atoms with Crippen LogP contribution in [0.3, 0.4) is 0 Å². The number of amides is 1. The Bertz CT molecular complexity index is 505. The van der Waals surface area contributed by atoms with Gasteiger partial charge in [-0.2, -0.15) is 0 Å². The van der Waals surface area contributed by atoms with Crippen LogP contribution in [0.2, 0.25) is 0 Å². The predicted octanol–water partition coefficient (Wildman–Crippen LogP) is 0.913. The Morgan fingerprint density at radius 1 is 1.47 bits per heavy atom. The summed E-state index contributed by atoms with van der Waals surface area (Å²) >= 11 is 0. The zero-order chi connectivity index (χ0) is 13.8. The Balaban J connectivity index is 1.96. The number of ether oxygens (including phenoxy) is 1. The molecule has 2 heterocycles. The number of carboxylic acids is 1. The van der Waals surface area contributed by atoms with Crippen LogP contribution in [0.4, 0.5) is 0 Å². The second-order valence-electron chi connectivity index (χ2n) is 4.26. The van der Waals surface area contributed by atoms with E-state index in [1.165, 1.54) is 11.0 Å². The van der Waals surface area contributed by atoms with Gasteiger partial charge in [0.2, 0.25) is 5.91 Å². The summed E-state index contributed by atoms with van der Waals surface area (Å²) in [4.78, 5) is 24.2. The number of rotatable bonds is 3. The van der Waals surface area contributed by atoms with Crippen molar-refractivity contribution >= 4 is 18.0 Å².